The van der Waals surface area contributed by atoms with Gasteiger partial charge >= 0.3 is 5.69 Å². The topological polar surface area (TPSA) is 121 Å². The molecule has 1 aromatic carbocycles. The number of fused-ring (bicyclic) bond motifs is 1. The lowest BCUT2D eigenvalue weighted by molar-refractivity contribution is -0.115. The fourth-order valence-corrected chi connectivity index (χ4v) is 3.07. The molecule has 126 valence electrons. The van der Waals surface area contributed by atoms with Crippen molar-refractivity contribution in [3.8, 4) is 0 Å². The molecule has 0 saturated carbocycles. The average Bonchev–Trinajstić information content (AvgIpc) is 3.12. The van der Waals surface area contributed by atoms with E-state index in [2.05, 4.69) is 30.8 Å². The van der Waals surface area contributed by atoms with Gasteiger partial charge in [-0.1, -0.05) is 11.8 Å². The predicted molar refractivity (Wildman–Crippen MR) is 91.1 cm³/mol. The Morgan fingerprint density at radius 2 is 2.00 bits per heavy atom. The third-order valence-electron chi connectivity index (χ3n) is 3.39. The molecule has 1 amide bonds. The molecule has 2 aromatic heterocycles. The average molecular weight is 347 g/mol. The van der Waals surface area contributed by atoms with Crippen molar-refractivity contribution < 1.29 is 4.79 Å². The van der Waals surface area contributed by atoms with Gasteiger partial charge in [-0.15, -0.1) is 5.10 Å². The highest BCUT2D eigenvalue weighted by atomic mass is 32.2. The number of tetrazole rings is 1. The number of hydrogen-bond acceptors (Lipinski definition) is 6. The second-order valence-corrected chi connectivity index (χ2v) is 6.90. The number of aromatic nitrogens is 6. The van der Waals surface area contributed by atoms with E-state index in [9.17, 15) is 9.59 Å². The van der Waals surface area contributed by atoms with Crippen LogP contribution in [0.4, 0.5) is 5.69 Å². The largest absolute Gasteiger partial charge is 0.325 e. The van der Waals surface area contributed by atoms with Gasteiger partial charge in [0.1, 0.15) is 0 Å². The first-order valence-electron chi connectivity index (χ1n) is 7.41. The van der Waals surface area contributed by atoms with E-state index in [4.69, 9.17) is 0 Å². The molecule has 0 fully saturated rings. The Balaban J connectivity index is 1.70. The van der Waals surface area contributed by atoms with Gasteiger partial charge in [0.05, 0.1) is 22.3 Å². The van der Waals surface area contributed by atoms with Gasteiger partial charge in [-0.25, -0.2) is 9.48 Å². The van der Waals surface area contributed by atoms with Gasteiger partial charge in [0.2, 0.25) is 11.1 Å². The zero-order chi connectivity index (χ0) is 17.3. The Hall–Kier alpha value is -2.62. The van der Waals surface area contributed by atoms with Crippen LogP contribution in [-0.4, -0.2) is 41.3 Å². The molecule has 9 nitrogen and oxygen atoms in total. The molecule has 0 unspecified atom stereocenters. The number of imidazole rings is 1. The first kappa shape index (κ1) is 16.2. The molecular weight excluding hydrogens is 330 g/mol. The molecule has 10 heteroatoms. The van der Waals surface area contributed by atoms with Gasteiger partial charge in [0.25, 0.3) is 0 Å². The molecule has 0 spiro atoms. The number of nitrogens with zero attached hydrogens (tertiary/aromatic N) is 4. The van der Waals surface area contributed by atoms with E-state index in [0.717, 1.165) is 0 Å². The number of hydrogen-bond donors (Lipinski definition) is 3. The highest BCUT2D eigenvalue weighted by molar-refractivity contribution is 8.00. The van der Waals surface area contributed by atoms with Crippen LogP contribution in [0.2, 0.25) is 0 Å². The summed E-state index contributed by atoms with van der Waals surface area (Å²) in [5, 5.41) is 14.6. The lowest BCUT2D eigenvalue weighted by Crippen LogP contribution is -2.23. The first-order chi connectivity index (χ1) is 11.4. The first-order valence-corrected chi connectivity index (χ1v) is 8.29. The van der Waals surface area contributed by atoms with Gasteiger partial charge in [0.15, 0.2) is 0 Å². The number of carbonyl (C=O) groups excluding carboxylic acids is 1. The Morgan fingerprint density at radius 3 is 2.75 bits per heavy atom. The normalized spacial score (nSPS) is 12.7. The molecule has 0 bridgehead atoms. The maximum absolute atomic E-state index is 12.4. The molecule has 3 aromatic rings. The standard InChI is InChI=1S/C14H17N7O2S/c1-7(2)21-14(18-19-20-21)24-8(3)12(22)15-9-4-5-10-11(6-9)17-13(23)16-10/h4-8H,1-3H3,(H,15,22)(H2,16,17,23)/t8-/m1/s1. The summed E-state index contributed by atoms with van der Waals surface area (Å²) in [6, 6.07) is 5.30. The minimum Gasteiger partial charge on any atom is -0.325 e. The minimum absolute atomic E-state index is 0.116. The van der Waals surface area contributed by atoms with Crippen molar-refractivity contribution in [2.24, 2.45) is 0 Å². The van der Waals surface area contributed by atoms with Gasteiger partial charge in [-0.05, 0) is 49.4 Å². The summed E-state index contributed by atoms with van der Waals surface area (Å²) in [5.74, 6) is -0.171. The maximum atomic E-state index is 12.4. The second-order valence-electron chi connectivity index (χ2n) is 5.59. The van der Waals surface area contributed by atoms with Crippen LogP contribution in [0.3, 0.4) is 0 Å². The summed E-state index contributed by atoms with van der Waals surface area (Å²) in [7, 11) is 0. The van der Waals surface area contributed by atoms with E-state index >= 15 is 0 Å². The summed E-state index contributed by atoms with van der Waals surface area (Å²) in [4.78, 5) is 29.0. The molecule has 0 radical (unpaired) electrons. The van der Waals surface area contributed by atoms with Gasteiger partial charge in [0, 0.05) is 5.69 Å². The van der Waals surface area contributed by atoms with Crippen molar-refractivity contribution in [1.29, 1.82) is 0 Å². The van der Waals surface area contributed by atoms with Crippen LogP contribution in [0.25, 0.3) is 11.0 Å². The highest BCUT2D eigenvalue weighted by Crippen LogP contribution is 2.24. The monoisotopic (exact) mass is 347 g/mol. The van der Waals surface area contributed by atoms with Gasteiger partial charge < -0.3 is 15.3 Å². The number of nitrogens with one attached hydrogen (secondary N) is 3. The minimum atomic E-state index is -0.380. The molecule has 0 aliphatic carbocycles. The zero-order valence-corrected chi connectivity index (χ0v) is 14.2. The quantitative estimate of drug-likeness (QED) is 0.602. The van der Waals surface area contributed by atoms with E-state index in [1.807, 2.05) is 13.8 Å². The number of H-pyrrole nitrogens is 2. The summed E-state index contributed by atoms with van der Waals surface area (Å²) in [6.45, 7) is 5.73. The number of aromatic amines is 2. The molecule has 1 atom stereocenters. The van der Waals surface area contributed by atoms with Crippen LogP contribution in [0, 0.1) is 0 Å². The van der Waals surface area contributed by atoms with Crippen molar-refractivity contribution in [2.45, 2.75) is 37.2 Å². The lowest BCUT2D eigenvalue weighted by atomic mass is 10.2. The molecule has 0 aliphatic rings. The zero-order valence-electron chi connectivity index (χ0n) is 13.4. The fourth-order valence-electron chi connectivity index (χ4n) is 2.15. The van der Waals surface area contributed by atoms with Crippen LogP contribution in [0.1, 0.15) is 26.8 Å². The number of thioether (sulfide) groups is 1. The van der Waals surface area contributed by atoms with Crippen LogP contribution < -0.4 is 11.0 Å². The number of anilines is 1. The van der Waals surface area contributed by atoms with Crippen molar-refractivity contribution in [2.75, 3.05) is 5.32 Å². The molecule has 0 saturated heterocycles. The van der Waals surface area contributed by atoms with Crippen molar-refractivity contribution in [3.63, 3.8) is 0 Å². The van der Waals surface area contributed by atoms with Crippen LogP contribution in [0.15, 0.2) is 28.2 Å². The third-order valence-corrected chi connectivity index (χ3v) is 4.43. The summed E-state index contributed by atoms with van der Waals surface area (Å²) in [5.41, 5.74) is 1.66. The lowest BCUT2D eigenvalue weighted by Gasteiger charge is -2.13. The van der Waals surface area contributed by atoms with Crippen LogP contribution >= 0.6 is 11.8 Å². The summed E-state index contributed by atoms with van der Waals surface area (Å²) < 4.78 is 1.67. The number of benzene rings is 1. The van der Waals surface area contributed by atoms with E-state index < -0.39 is 0 Å². The Labute approximate surface area is 141 Å². The number of rotatable bonds is 5. The molecule has 2 heterocycles. The van der Waals surface area contributed by atoms with Crippen LogP contribution in [-0.2, 0) is 4.79 Å². The van der Waals surface area contributed by atoms with Gasteiger partial charge in [-0.2, -0.15) is 0 Å². The van der Waals surface area contributed by atoms with E-state index in [1.165, 1.54) is 11.8 Å². The van der Waals surface area contributed by atoms with E-state index in [1.54, 1.807) is 29.8 Å². The Morgan fingerprint density at radius 1 is 1.25 bits per heavy atom. The Kier molecular flexibility index (Phi) is 4.38. The maximum Gasteiger partial charge on any atom is 0.323 e. The van der Waals surface area contributed by atoms with Crippen molar-refractivity contribution >= 4 is 34.4 Å². The molecule has 3 N–H and O–H groups in total. The van der Waals surface area contributed by atoms with Gasteiger partial charge in [-0.3, -0.25) is 4.79 Å². The summed E-state index contributed by atoms with van der Waals surface area (Å²) in [6.07, 6.45) is 0. The number of amides is 1. The fraction of sp³-hybridized carbons (Fsp3) is 0.357. The number of carbonyl (C=O) groups is 1. The smallest absolute Gasteiger partial charge is 0.323 e. The third kappa shape index (κ3) is 3.32. The highest BCUT2D eigenvalue weighted by Gasteiger charge is 2.19. The van der Waals surface area contributed by atoms with Crippen molar-refractivity contribution in [1.82, 2.24) is 30.2 Å². The second kappa shape index (κ2) is 6.48. The Bertz CT molecular complexity index is 926. The van der Waals surface area contributed by atoms with Crippen molar-refractivity contribution in [3.05, 3.63) is 28.7 Å². The van der Waals surface area contributed by atoms with Crippen LogP contribution in [0.5, 0.6) is 0 Å². The van der Waals surface area contributed by atoms with E-state index in [0.29, 0.717) is 21.9 Å². The molecular formula is C14H17N7O2S. The van der Waals surface area contributed by atoms with E-state index in [-0.39, 0.29) is 22.9 Å². The summed E-state index contributed by atoms with van der Waals surface area (Å²) >= 11 is 1.29. The molecule has 3 rings (SSSR count). The molecule has 0 aliphatic heterocycles. The predicted octanol–water partition coefficient (Wildman–Crippen LogP) is 1.54. The molecule has 24 heavy (non-hydrogen) atoms. The SMILES string of the molecule is CC(C)n1nnnc1S[C@H](C)C(=O)Nc1ccc2[nH]c(=O)[nH]c2c1.